The van der Waals surface area contributed by atoms with Gasteiger partial charge in [-0.1, -0.05) is 0 Å². The summed E-state index contributed by atoms with van der Waals surface area (Å²) in [5.74, 6) is -0.865. The van der Waals surface area contributed by atoms with Gasteiger partial charge >= 0.3 is 5.97 Å². The van der Waals surface area contributed by atoms with Crippen LogP contribution in [0.25, 0.3) is 0 Å². The van der Waals surface area contributed by atoms with Gasteiger partial charge in [-0.2, -0.15) is 4.31 Å². The van der Waals surface area contributed by atoms with Crippen LogP contribution >= 0.6 is 27.3 Å². The maximum Gasteiger partial charge on any atom is 0.317 e. The number of halogens is 1. The number of carboxylic acid groups (broad SMARTS) is 1. The molecule has 0 spiro atoms. The van der Waals surface area contributed by atoms with Crippen LogP contribution in [0, 0.1) is 0 Å². The van der Waals surface area contributed by atoms with Crippen molar-refractivity contribution in [3.05, 3.63) is 15.9 Å². The van der Waals surface area contributed by atoms with E-state index in [-0.39, 0.29) is 12.6 Å². The minimum atomic E-state index is -3.43. The van der Waals surface area contributed by atoms with Crippen molar-refractivity contribution in [2.45, 2.75) is 23.1 Å². The third-order valence-corrected chi connectivity index (χ3v) is 7.56. The van der Waals surface area contributed by atoms with Gasteiger partial charge in [0.25, 0.3) is 10.0 Å². The number of likely N-dealkylation sites (N-methyl/N-ethyl adjacent to an activating group) is 1. The van der Waals surface area contributed by atoms with Crippen molar-refractivity contribution >= 4 is 43.3 Å². The molecule has 1 aromatic rings. The zero-order chi connectivity index (χ0) is 15.6. The molecule has 0 radical (unpaired) electrons. The summed E-state index contributed by atoms with van der Waals surface area (Å²) in [5, 5.41) is 8.80. The Morgan fingerprint density at radius 1 is 1.48 bits per heavy atom. The Kier molecular flexibility index (Phi) is 5.42. The second-order valence-corrected chi connectivity index (χ2v) is 9.63. The van der Waals surface area contributed by atoms with Crippen molar-refractivity contribution < 1.29 is 18.3 Å². The minimum Gasteiger partial charge on any atom is -0.480 e. The van der Waals surface area contributed by atoms with Crippen LogP contribution in [-0.4, -0.2) is 61.4 Å². The van der Waals surface area contributed by atoms with Crippen molar-refractivity contribution in [1.29, 1.82) is 0 Å². The van der Waals surface area contributed by atoms with E-state index in [0.29, 0.717) is 30.1 Å². The first-order valence-corrected chi connectivity index (χ1v) is 9.53. The highest BCUT2D eigenvalue weighted by molar-refractivity contribution is 9.11. The molecule has 0 bridgehead atoms. The molecule has 2 rings (SSSR count). The second kappa shape index (κ2) is 6.74. The van der Waals surface area contributed by atoms with Crippen LogP contribution in [-0.2, 0) is 14.8 Å². The summed E-state index contributed by atoms with van der Waals surface area (Å²) >= 11 is 4.48. The van der Waals surface area contributed by atoms with Crippen LogP contribution in [0.3, 0.4) is 0 Å². The smallest absolute Gasteiger partial charge is 0.317 e. The fraction of sp³-hybridized carbons (Fsp3) is 0.583. The topological polar surface area (TPSA) is 77.9 Å². The highest BCUT2D eigenvalue weighted by atomic mass is 79.9. The van der Waals surface area contributed by atoms with E-state index in [1.807, 2.05) is 0 Å². The largest absolute Gasteiger partial charge is 0.480 e. The van der Waals surface area contributed by atoms with Gasteiger partial charge in [-0.25, -0.2) is 8.42 Å². The van der Waals surface area contributed by atoms with Gasteiger partial charge < -0.3 is 5.11 Å². The molecule has 0 aliphatic carbocycles. The number of piperidine rings is 1. The molecule has 6 nitrogen and oxygen atoms in total. The number of sulfonamides is 1. The number of hydrogen-bond donors (Lipinski definition) is 1. The molecule has 1 aliphatic heterocycles. The number of carboxylic acids is 1. The van der Waals surface area contributed by atoms with Gasteiger partial charge in [0.2, 0.25) is 0 Å². The summed E-state index contributed by atoms with van der Waals surface area (Å²) in [7, 11) is -1.66. The molecule has 0 aromatic carbocycles. The van der Waals surface area contributed by atoms with Gasteiger partial charge in [-0.15, -0.1) is 11.3 Å². The number of hydrogen-bond acceptors (Lipinski definition) is 5. The quantitative estimate of drug-likeness (QED) is 0.818. The Morgan fingerprint density at radius 3 is 2.57 bits per heavy atom. The molecule has 1 aromatic heterocycles. The first-order valence-electron chi connectivity index (χ1n) is 6.48. The predicted octanol–water partition coefficient (Wildman–Crippen LogP) is 1.68. The lowest BCUT2D eigenvalue weighted by molar-refractivity contribution is -0.138. The average molecular weight is 397 g/mol. The van der Waals surface area contributed by atoms with E-state index in [4.69, 9.17) is 5.11 Å². The Bertz CT molecular complexity index is 609. The molecule has 118 valence electrons. The van der Waals surface area contributed by atoms with E-state index in [1.54, 1.807) is 24.1 Å². The van der Waals surface area contributed by atoms with E-state index in [9.17, 15) is 13.2 Å². The van der Waals surface area contributed by atoms with E-state index in [0.717, 1.165) is 3.79 Å². The van der Waals surface area contributed by atoms with Gasteiger partial charge in [-0.05, 0) is 48.0 Å². The molecule has 1 N–H and O–H groups in total. The highest BCUT2D eigenvalue weighted by Crippen LogP contribution is 2.30. The third-order valence-electron chi connectivity index (χ3n) is 3.57. The number of rotatable bonds is 5. The van der Waals surface area contributed by atoms with Crippen molar-refractivity contribution in [2.75, 3.05) is 26.7 Å². The van der Waals surface area contributed by atoms with Gasteiger partial charge in [0, 0.05) is 19.1 Å². The van der Waals surface area contributed by atoms with Crippen molar-refractivity contribution in [3.8, 4) is 0 Å². The molecule has 0 unspecified atom stereocenters. The lowest BCUT2D eigenvalue weighted by Gasteiger charge is -2.35. The van der Waals surface area contributed by atoms with Crippen molar-refractivity contribution in [2.24, 2.45) is 0 Å². The molecule has 0 atom stereocenters. The SMILES string of the molecule is CN(CC(=O)O)C1CCN(S(=O)(=O)c2ccc(Br)s2)CC1. The summed E-state index contributed by atoms with van der Waals surface area (Å²) in [6.45, 7) is 0.828. The molecular weight excluding hydrogens is 380 g/mol. The molecule has 0 amide bonds. The first-order chi connectivity index (χ1) is 9.80. The second-order valence-electron chi connectivity index (χ2n) is 5.00. The standard InChI is InChI=1S/C12H17BrN2O4S2/c1-14(8-11(16)17)9-4-6-15(7-5-9)21(18,19)12-3-2-10(13)20-12/h2-3,9H,4-8H2,1H3,(H,16,17). The van der Waals surface area contributed by atoms with Crippen LogP contribution in [0.4, 0.5) is 0 Å². The number of aliphatic carboxylic acids is 1. The maximum atomic E-state index is 12.5. The van der Waals surface area contributed by atoms with Crippen molar-refractivity contribution in [3.63, 3.8) is 0 Å². The average Bonchev–Trinajstić information content (AvgIpc) is 2.85. The lowest BCUT2D eigenvalue weighted by Crippen LogP contribution is -2.46. The summed E-state index contributed by atoms with van der Waals surface area (Å²) in [6.07, 6.45) is 1.30. The fourth-order valence-corrected chi connectivity index (χ4v) is 6.06. The minimum absolute atomic E-state index is 0.0186. The van der Waals surface area contributed by atoms with E-state index in [2.05, 4.69) is 15.9 Å². The Balaban J connectivity index is 1.99. The van der Waals surface area contributed by atoms with Crippen LogP contribution in [0.1, 0.15) is 12.8 Å². The number of nitrogens with zero attached hydrogens (tertiary/aromatic N) is 2. The van der Waals surface area contributed by atoms with E-state index in [1.165, 1.54) is 15.6 Å². The van der Waals surface area contributed by atoms with E-state index < -0.39 is 16.0 Å². The normalized spacial score (nSPS) is 18.2. The molecule has 21 heavy (non-hydrogen) atoms. The molecule has 9 heteroatoms. The Morgan fingerprint density at radius 2 is 2.10 bits per heavy atom. The zero-order valence-corrected chi connectivity index (χ0v) is 14.7. The van der Waals surface area contributed by atoms with Crippen LogP contribution in [0.15, 0.2) is 20.1 Å². The maximum absolute atomic E-state index is 12.5. The summed E-state index contributed by atoms with van der Waals surface area (Å²) in [6, 6.07) is 3.44. The van der Waals surface area contributed by atoms with Gasteiger partial charge in [0.05, 0.1) is 10.3 Å². The summed E-state index contributed by atoms with van der Waals surface area (Å²) in [4.78, 5) is 12.5. The third kappa shape index (κ3) is 4.04. The summed E-state index contributed by atoms with van der Waals surface area (Å²) < 4.78 is 27.5. The van der Waals surface area contributed by atoms with Crippen LogP contribution < -0.4 is 0 Å². The van der Waals surface area contributed by atoms with E-state index >= 15 is 0 Å². The predicted molar refractivity (Wildman–Crippen MR) is 84.1 cm³/mol. The number of thiophene rings is 1. The molecule has 1 saturated heterocycles. The molecule has 2 heterocycles. The molecular formula is C12H17BrN2O4S2. The first kappa shape index (κ1) is 16.9. The van der Waals surface area contributed by atoms with Gasteiger partial charge in [0.15, 0.2) is 0 Å². The molecule has 1 fully saturated rings. The molecule has 0 saturated carbocycles. The van der Waals surface area contributed by atoms with Gasteiger partial charge in [0.1, 0.15) is 4.21 Å². The van der Waals surface area contributed by atoms with Crippen molar-refractivity contribution in [1.82, 2.24) is 9.21 Å². The fourth-order valence-electron chi connectivity index (χ4n) is 2.43. The lowest BCUT2D eigenvalue weighted by atomic mass is 10.1. The van der Waals surface area contributed by atoms with Crippen LogP contribution in [0.5, 0.6) is 0 Å². The van der Waals surface area contributed by atoms with Crippen LogP contribution in [0.2, 0.25) is 0 Å². The number of carbonyl (C=O) groups is 1. The Hall–Kier alpha value is -0.480. The summed E-state index contributed by atoms with van der Waals surface area (Å²) in [5.41, 5.74) is 0. The van der Waals surface area contributed by atoms with Gasteiger partial charge in [-0.3, -0.25) is 9.69 Å². The monoisotopic (exact) mass is 396 g/mol. The molecule has 1 aliphatic rings. The zero-order valence-electron chi connectivity index (χ0n) is 11.5. The highest BCUT2D eigenvalue weighted by Gasteiger charge is 2.31. The Labute approximate surface area is 136 Å².